The zero-order valence-electron chi connectivity index (χ0n) is 12.6. The Bertz CT molecular complexity index is 581. The van der Waals surface area contributed by atoms with E-state index in [0.717, 1.165) is 17.0 Å². The highest BCUT2D eigenvalue weighted by Crippen LogP contribution is 2.15. The average molecular weight is 283 g/mol. The number of anilines is 1. The zero-order valence-corrected chi connectivity index (χ0v) is 12.6. The molecule has 0 heterocycles. The molecule has 0 aromatic heterocycles. The van der Waals surface area contributed by atoms with Crippen LogP contribution in [0.1, 0.15) is 18.9 Å². The molecule has 2 aromatic carbocycles. The Kier molecular flexibility index (Phi) is 5.38. The Balaban J connectivity index is 1.89. The number of para-hydroxylation sites is 1. The Hall–Kier alpha value is -2.29. The summed E-state index contributed by atoms with van der Waals surface area (Å²) in [5.41, 5.74) is 2.08. The number of hydrogen-bond donors (Lipinski definition) is 0. The molecule has 0 bridgehead atoms. The van der Waals surface area contributed by atoms with Crippen molar-refractivity contribution >= 4 is 11.6 Å². The van der Waals surface area contributed by atoms with Crippen LogP contribution in [0.25, 0.3) is 0 Å². The second-order valence-electron chi connectivity index (χ2n) is 4.89. The molecule has 0 unspecified atom stereocenters. The van der Waals surface area contributed by atoms with Crippen molar-refractivity contribution < 1.29 is 9.53 Å². The number of hydrogen-bond acceptors (Lipinski definition) is 2. The number of benzene rings is 2. The van der Waals surface area contributed by atoms with E-state index in [4.69, 9.17) is 4.74 Å². The number of ether oxygens (including phenoxy) is 1. The number of nitrogens with zero attached hydrogens (tertiary/aromatic N) is 1. The Morgan fingerprint density at radius 1 is 1.10 bits per heavy atom. The minimum absolute atomic E-state index is 0.0800. The smallest absolute Gasteiger partial charge is 0.230 e. The van der Waals surface area contributed by atoms with Crippen molar-refractivity contribution in [3.05, 3.63) is 60.2 Å². The average Bonchev–Trinajstić information content (AvgIpc) is 2.49. The molecule has 0 aliphatic rings. The number of amides is 1. The maximum Gasteiger partial charge on any atom is 0.230 e. The van der Waals surface area contributed by atoms with Gasteiger partial charge in [0.25, 0.3) is 0 Å². The molecular weight excluding hydrogens is 262 g/mol. The van der Waals surface area contributed by atoms with E-state index in [1.54, 1.807) is 4.90 Å². The Morgan fingerprint density at radius 3 is 2.52 bits per heavy atom. The third-order valence-electron chi connectivity index (χ3n) is 3.26. The van der Waals surface area contributed by atoms with Crippen molar-refractivity contribution in [1.29, 1.82) is 0 Å². The fraction of sp³-hybridized carbons (Fsp3) is 0.278. The maximum atomic E-state index is 12.3. The molecule has 3 heteroatoms. The van der Waals surface area contributed by atoms with Crippen LogP contribution in [0.15, 0.2) is 54.6 Å². The topological polar surface area (TPSA) is 29.5 Å². The van der Waals surface area contributed by atoms with Crippen molar-refractivity contribution in [2.24, 2.45) is 0 Å². The van der Waals surface area contributed by atoms with Gasteiger partial charge in [0, 0.05) is 12.2 Å². The van der Waals surface area contributed by atoms with E-state index in [9.17, 15) is 4.79 Å². The van der Waals surface area contributed by atoms with Crippen LogP contribution in [0.4, 0.5) is 5.69 Å². The third kappa shape index (κ3) is 4.35. The van der Waals surface area contributed by atoms with E-state index in [2.05, 4.69) is 0 Å². The van der Waals surface area contributed by atoms with Gasteiger partial charge in [-0.05, 0) is 43.7 Å². The highest BCUT2D eigenvalue weighted by molar-refractivity contribution is 5.93. The standard InChI is InChI=1S/C18H21NO2/c1-3-19(16-9-5-4-6-10-16)18(20)12-13-21-17-11-7-8-15(2)14-17/h4-11,14H,3,12-13H2,1-2H3. The molecule has 110 valence electrons. The van der Waals surface area contributed by atoms with Gasteiger partial charge in [0.1, 0.15) is 5.75 Å². The first-order valence-electron chi connectivity index (χ1n) is 7.25. The molecule has 0 aliphatic carbocycles. The fourth-order valence-corrected chi connectivity index (χ4v) is 2.21. The summed E-state index contributed by atoms with van der Waals surface area (Å²) in [5.74, 6) is 0.891. The van der Waals surface area contributed by atoms with Gasteiger partial charge in [0.15, 0.2) is 0 Å². The lowest BCUT2D eigenvalue weighted by molar-refractivity contribution is -0.119. The lowest BCUT2D eigenvalue weighted by Crippen LogP contribution is -2.31. The van der Waals surface area contributed by atoms with Crippen molar-refractivity contribution in [3.63, 3.8) is 0 Å². The van der Waals surface area contributed by atoms with Crippen LogP contribution < -0.4 is 9.64 Å². The molecule has 3 nitrogen and oxygen atoms in total. The van der Waals surface area contributed by atoms with Gasteiger partial charge in [0.05, 0.1) is 13.0 Å². The third-order valence-corrected chi connectivity index (χ3v) is 3.26. The summed E-state index contributed by atoms with van der Waals surface area (Å²) in [4.78, 5) is 14.1. The summed E-state index contributed by atoms with van der Waals surface area (Å²) in [6.07, 6.45) is 0.372. The number of carbonyl (C=O) groups excluding carboxylic acids is 1. The van der Waals surface area contributed by atoms with Crippen LogP contribution in [-0.4, -0.2) is 19.1 Å². The monoisotopic (exact) mass is 283 g/mol. The SMILES string of the molecule is CCN(C(=O)CCOc1cccc(C)c1)c1ccccc1. The molecule has 0 saturated heterocycles. The number of aryl methyl sites for hydroxylation is 1. The van der Waals surface area contributed by atoms with Gasteiger partial charge in [-0.3, -0.25) is 4.79 Å². The molecule has 0 atom stereocenters. The van der Waals surface area contributed by atoms with Crippen molar-refractivity contribution in [2.45, 2.75) is 20.3 Å². The van der Waals surface area contributed by atoms with Gasteiger partial charge >= 0.3 is 0 Å². The zero-order chi connectivity index (χ0) is 15.1. The maximum absolute atomic E-state index is 12.3. The predicted octanol–water partition coefficient (Wildman–Crippen LogP) is 3.82. The summed E-state index contributed by atoms with van der Waals surface area (Å²) in [6.45, 7) is 5.05. The van der Waals surface area contributed by atoms with Crippen LogP contribution >= 0.6 is 0 Å². The van der Waals surface area contributed by atoms with Gasteiger partial charge in [-0.2, -0.15) is 0 Å². The van der Waals surface area contributed by atoms with Gasteiger partial charge in [-0.25, -0.2) is 0 Å². The summed E-state index contributed by atoms with van der Waals surface area (Å²) >= 11 is 0. The largest absolute Gasteiger partial charge is 0.493 e. The molecule has 2 rings (SSSR count). The van der Waals surface area contributed by atoms with E-state index in [1.165, 1.54) is 0 Å². The summed E-state index contributed by atoms with van der Waals surface area (Å²) in [6, 6.07) is 17.6. The fourth-order valence-electron chi connectivity index (χ4n) is 2.21. The Morgan fingerprint density at radius 2 is 1.86 bits per heavy atom. The molecule has 0 fully saturated rings. The molecule has 0 spiro atoms. The quantitative estimate of drug-likeness (QED) is 0.806. The molecule has 0 aliphatic heterocycles. The van der Waals surface area contributed by atoms with Crippen molar-refractivity contribution in [2.75, 3.05) is 18.1 Å². The van der Waals surface area contributed by atoms with E-state index in [0.29, 0.717) is 19.6 Å². The summed E-state index contributed by atoms with van der Waals surface area (Å²) in [7, 11) is 0. The highest BCUT2D eigenvalue weighted by Gasteiger charge is 2.13. The van der Waals surface area contributed by atoms with Crippen molar-refractivity contribution in [1.82, 2.24) is 0 Å². The summed E-state index contributed by atoms with van der Waals surface area (Å²) < 4.78 is 5.64. The molecule has 21 heavy (non-hydrogen) atoms. The van der Waals surface area contributed by atoms with Crippen LogP contribution in [0, 0.1) is 6.92 Å². The highest BCUT2D eigenvalue weighted by atomic mass is 16.5. The molecule has 0 radical (unpaired) electrons. The minimum atomic E-state index is 0.0800. The van der Waals surface area contributed by atoms with E-state index in [1.807, 2.05) is 68.4 Å². The van der Waals surface area contributed by atoms with Gasteiger partial charge < -0.3 is 9.64 Å². The number of carbonyl (C=O) groups is 1. The van der Waals surface area contributed by atoms with Gasteiger partial charge in [0.2, 0.25) is 5.91 Å². The van der Waals surface area contributed by atoms with E-state index >= 15 is 0 Å². The first-order valence-corrected chi connectivity index (χ1v) is 7.25. The van der Waals surface area contributed by atoms with E-state index in [-0.39, 0.29) is 5.91 Å². The second-order valence-corrected chi connectivity index (χ2v) is 4.89. The van der Waals surface area contributed by atoms with Gasteiger partial charge in [-0.15, -0.1) is 0 Å². The van der Waals surface area contributed by atoms with Crippen LogP contribution in [-0.2, 0) is 4.79 Å². The second kappa shape index (κ2) is 7.48. The molecule has 1 amide bonds. The van der Waals surface area contributed by atoms with Crippen LogP contribution in [0.3, 0.4) is 0 Å². The molecular formula is C18H21NO2. The molecule has 0 N–H and O–H groups in total. The Labute approximate surface area is 126 Å². The lowest BCUT2D eigenvalue weighted by atomic mass is 10.2. The lowest BCUT2D eigenvalue weighted by Gasteiger charge is -2.21. The van der Waals surface area contributed by atoms with Crippen molar-refractivity contribution in [3.8, 4) is 5.75 Å². The van der Waals surface area contributed by atoms with Gasteiger partial charge in [-0.1, -0.05) is 30.3 Å². The van der Waals surface area contributed by atoms with Crippen LogP contribution in [0.5, 0.6) is 5.75 Å². The predicted molar refractivity (Wildman–Crippen MR) is 85.8 cm³/mol. The first kappa shape index (κ1) is 15.1. The van der Waals surface area contributed by atoms with E-state index < -0.39 is 0 Å². The summed E-state index contributed by atoms with van der Waals surface area (Å²) in [5, 5.41) is 0. The first-order chi connectivity index (χ1) is 10.2. The number of rotatable bonds is 6. The minimum Gasteiger partial charge on any atom is -0.493 e. The molecule has 0 saturated carbocycles. The van der Waals surface area contributed by atoms with Crippen LogP contribution in [0.2, 0.25) is 0 Å². The normalized spacial score (nSPS) is 10.2. The molecule has 2 aromatic rings.